The molecule has 2 unspecified atom stereocenters. The second-order valence-corrected chi connectivity index (χ2v) is 17.1. The maximum Gasteiger partial charge on any atom is 0.416 e. The summed E-state index contributed by atoms with van der Waals surface area (Å²) in [5.41, 5.74) is 8.02. The summed E-state index contributed by atoms with van der Waals surface area (Å²) in [7, 11) is 0. The van der Waals surface area contributed by atoms with E-state index in [0.29, 0.717) is 28.5 Å². The van der Waals surface area contributed by atoms with Crippen molar-refractivity contribution >= 4 is 38.2 Å². The van der Waals surface area contributed by atoms with E-state index in [0.717, 1.165) is 46.0 Å². The van der Waals surface area contributed by atoms with Crippen LogP contribution in [0.5, 0.6) is 11.5 Å². The van der Waals surface area contributed by atoms with Crippen LogP contribution in [0.4, 0.5) is 66.7 Å². The molecule has 2 aromatic carbocycles. The standard InChI is InChI=1S/C23H22F4N6O3.C14H14F3N3O.C9H9F2N3O2.CH4.B/c1-11(24)16-9-35-22(34)33(16)18-6-7-28-21(31-18)30-12(2)19-20-13(3)36-17-8-14(23(25,26)27)4-5-15(17)32(20)10-29-19;1-7(18)12-13-8(2)21-11-5-9(14(15,16)17)3-4-10(11)20(13)6-19-12;1-5(10)6-4-16-9(15)14(6)7-2-3-12-8(11)13-7;;/h4-8,10-13,16H,9H2,1-3H3,(H,28,30,31);3-8H,18H2,1-2H3;2-3,5-6H,4H2,1H3;1H4;/t11-,12-,13?,16+;7-,8?;5-,6+;;/m000../s1. The van der Waals surface area contributed by atoms with Gasteiger partial charge in [0.2, 0.25) is 5.95 Å². The number of rotatable bonds is 8. The second-order valence-electron chi connectivity index (χ2n) is 17.1. The van der Waals surface area contributed by atoms with E-state index in [2.05, 4.69) is 35.2 Å². The third kappa shape index (κ3) is 11.5. The highest BCUT2D eigenvalue weighted by Gasteiger charge is 2.41. The van der Waals surface area contributed by atoms with Gasteiger partial charge in [0.05, 0.1) is 51.3 Å². The number of amides is 2. The first-order valence-corrected chi connectivity index (χ1v) is 22.4. The fraction of sp³-hybridized carbons (Fsp3) is 0.404. The fourth-order valence-corrected chi connectivity index (χ4v) is 8.43. The predicted octanol–water partition coefficient (Wildman–Crippen LogP) is 9.91. The number of hydrogen-bond acceptors (Lipinski definition) is 14. The number of aromatic nitrogens is 8. The molecule has 3 N–H and O–H groups in total. The van der Waals surface area contributed by atoms with Crippen molar-refractivity contribution in [2.45, 2.75) is 110 Å². The molecular weight excluding hydrogens is 1010 g/mol. The molecule has 8 heterocycles. The molecule has 10 rings (SSSR count). The van der Waals surface area contributed by atoms with Gasteiger partial charge in [0.25, 0.3) is 0 Å². The number of nitrogens with two attached hydrogens (primary N) is 1. The molecule has 75 heavy (non-hydrogen) atoms. The number of alkyl halides is 8. The summed E-state index contributed by atoms with van der Waals surface area (Å²) in [5.74, 6) is 0.670. The number of anilines is 3. The molecule has 2 fully saturated rings. The van der Waals surface area contributed by atoms with Crippen LogP contribution in [0, 0.1) is 6.08 Å². The lowest BCUT2D eigenvalue weighted by molar-refractivity contribution is -0.138. The van der Waals surface area contributed by atoms with Gasteiger partial charge in [-0.2, -0.15) is 40.7 Å². The van der Waals surface area contributed by atoms with Gasteiger partial charge in [-0.3, -0.25) is 18.9 Å². The molecule has 4 aliphatic heterocycles. The zero-order valence-electron chi connectivity index (χ0n) is 39.9. The minimum Gasteiger partial charge on any atom is -0.482 e. The second kappa shape index (κ2) is 22.1. The van der Waals surface area contributed by atoms with Crippen molar-refractivity contribution in [3.63, 3.8) is 0 Å². The molecule has 0 saturated carbocycles. The van der Waals surface area contributed by atoms with Crippen LogP contribution in [0.2, 0.25) is 0 Å². The molecule has 0 bridgehead atoms. The summed E-state index contributed by atoms with van der Waals surface area (Å²) < 4.78 is 142. The van der Waals surface area contributed by atoms with Gasteiger partial charge in [-0.1, -0.05) is 7.43 Å². The number of ether oxygens (including phenoxy) is 4. The van der Waals surface area contributed by atoms with E-state index in [9.17, 15) is 49.1 Å². The first kappa shape index (κ1) is 56.6. The van der Waals surface area contributed by atoms with Crippen molar-refractivity contribution in [1.82, 2.24) is 39.0 Å². The largest absolute Gasteiger partial charge is 0.482 e. The monoisotopic (exact) mass is 1060 g/mol. The lowest BCUT2D eigenvalue weighted by Gasteiger charge is -2.28. The number of nitrogens with one attached hydrogen (secondary N) is 1. The zero-order chi connectivity index (χ0) is 52.8. The maximum atomic E-state index is 14.0. The van der Waals surface area contributed by atoms with Gasteiger partial charge in [-0.05, 0) is 90.1 Å². The summed E-state index contributed by atoms with van der Waals surface area (Å²) in [6.45, 7) is 9.60. The summed E-state index contributed by atoms with van der Waals surface area (Å²) in [6.07, 6.45) is -9.19. The molecule has 8 atom stereocenters. The summed E-state index contributed by atoms with van der Waals surface area (Å²) >= 11 is 0. The number of halogens is 9. The number of hydrogen-bond donors (Lipinski definition) is 2. The van der Waals surface area contributed by atoms with Crippen LogP contribution in [0.3, 0.4) is 0 Å². The van der Waals surface area contributed by atoms with Crippen LogP contribution in [-0.2, 0) is 21.8 Å². The van der Waals surface area contributed by atoms with Crippen LogP contribution in [-0.4, -0.2) is 97.3 Å². The number of imidazole rings is 2. The lowest BCUT2D eigenvalue weighted by atomic mass is 10.1. The number of benzene rings is 2. The molecule has 0 aliphatic carbocycles. The van der Waals surface area contributed by atoms with E-state index in [-0.39, 0.29) is 64.2 Å². The molecule has 4 aromatic heterocycles. The van der Waals surface area contributed by atoms with Crippen LogP contribution >= 0.6 is 0 Å². The number of fused-ring (bicyclic) bond motifs is 6. The Labute approximate surface area is 425 Å². The van der Waals surface area contributed by atoms with Crippen molar-refractivity contribution in [3.05, 3.63) is 114 Å². The number of cyclic esters (lactones) is 2. The Morgan fingerprint density at radius 2 is 1.11 bits per heavy atom. The van der Waals surface area contributed by atoms with Gasteiger partial charge >= 0.3 is 30.6 Å². The normalized spacial score (nSPS) is 19.9. The third-order valence-corrected chi connectivity index (χ3v) is 11.9. The molecule has 399 valence electrons. The highest BCUT2D eigenvalue weighted by atomic mass is 19.4. The summed E-state index contributed by atoms with van der Waals surface area (Å²) in [4.78, 5) is 49.6. The quantitative estimate of drug-likeness (QED) is 0.0828. The summed E-state index contributed by atoms with van der Waals surface area (Å²) in [5, 5.41) is 3.12. The van der Waals surface area contributed by atoms with Crippen LogP contribution in [0.25, 0.3) is 11.4 Å². The molecule has 28 heteroatoms. The Kier molecular flexibility index (Phi) is 16.7. The topological polar surface area (TPSA) is 203 Å². The van der Waals surface area contributed by atoms with Crippen molar-refractivity contribution in [2.24, 2.45) is 5.73 Å². The van der Waals surface area contributed by atoms with E-state index in [1.165, 1.54) is 50.6 Å². The molecule has 2 amide bonds. The summed E-state index contributed by atoms with van der Waals surface area (Å²) in [6, 6.07) is 7.28. The van der Waals surface area contributed by atoms with Gasteiger partial charge in [0.1, 0.15) is 85.6 Å². The minimum atomic E-state index is -4.48. The first-order valence-electron chi connectivity index (χ1n) is 22.4. The average molecular weight is 1060 g/mol. The van der Waals surface area contributed by atoms with Gasteiger partial charge in [0, 0.05) is 26.8 Å². The van der Waals surface area contributed by atoms with E-state index < -0.39 is 84.4 Å². The number of nitrogens with zero attached hydrogens (tertiary/aromatic N) is 10. The van der Waals surface area contributed by atoms with E-state index >= 15 is 0 Å². The molecule has 4 aliphatic rings. The first-order chi connectivity index (χ1) is 34.4. The van der Waals surface area contributed by atoms with Crippen LogP contribution in [0.1, 0.15) is 107 Å². The van der Waals surface area contributed by atoms with Gasteiger partial charge in [0.15, 0.2) is 0 Å². The Hall–Kier alpha value is -7.65. The molecule has 18 nitrogen and oxygen atoms in total. The third-order valence-electron chi connectivity index (χ3n) is 11.9. The molecular formula is C47H49BF9N12O6. The van der Waals surface area contributed by atoms with E-state index in [4.69, 9.17) is 24.7 Å². The fourth-order valence-electron chi connectivity index (χ4n) is 8.43. The maximum absolute atomic E-state index is 14.0. The highest BCUT2D eigenvalue weighted by molar-refractivity contribution is 5.90. The van der Waals surface area contributed by atoms with Crippen LogP contribution < -0.4 is 30.3 Å². The van der Waals surface area contributed by atoms with Crippen molar-refractivity contribution < 1.29 is 68.1 Å². The van der Waals surface area contributed by atoms with Crippen LogP contribution in [0.15, 0.2) is 73.6 Å². The smallest absolute Gasteiger partial charge is 0.416 e. The molecule has 0 spiro atoms. The molecule has 6 aromatic rings. The predicted molar refractivity (Wildman–Crippen MR) is 253 cm³/mol. The lowest BCUT2D eigenvalue weighted by Crippen LogP contribution is -2.39. The van der Waals surface area contributed by atoms with E-state index in [1.54, 1.807) is 36.2 Å². The average Bonchev–Trinajstić information content (AvgIpc) is 4.14. The van der Waals surface area contributed by atoms with Crippen molar-refractivity contribution in [1.29, 1.82) is 0 Å². The SMILES string of the molecule is C.CC1Oc2cc(C(F)(F)F)ccc2-n2cnc([C@H](C)N)c21.CC1Oc2cc(C(F)(F)F)ccc2-n2cnc([C@H](C)Nc3nccc(N4C(=O)OC[C@@H]4[C@H](C)F)n3)c21.C[C@H](F)[C@H]1COC(=O)N1c1ccnc(F)n1.[B]. The minimum absolute atomic E-state index is 0. The van der Waals surface area contributed by atoms with Crippen molar-refractivity contribution in [2.75, 3.05) is 28.3 Å². The highest BCUT2D eigenvalue weighted by Crippen LogP contribution is 2.43. The Morgan fingerprint density at radius 1 is 0.667 bits per heavy atom. The Morgan fingerprint density at radius 3 is 1.55 bits per heavy atom. The van der Waals surface area contributed by atoms with E-state index in [1.807, 2.05) is 6.92 Å². The van der Waals surface area contributed by atoms with Gasteiger partial charge in [-0.15, -0.1) is 0 Å². The number of carbonyl (C=O) groups is 2. The van der Waals surface area contributed by atoms with Gasteiger partial charge < -0.3 is 30.0 Å². The molecule has 3 radical (unpaired) electrons. The van der Waals surface area contributed by atoms with Crippen molar-refractivity contribution in [3.8, 4) is 22.9 Å². The Balaban J connectivity index is 0.000000199. The molecule has 2 saturated heterocycles. The Bertz CT molecular complexity index is 3010. The zero-order valence-corrected chi connectivity index (χ0v) is 39.9. The number of carbonyl (C=O) groups excluding carboxylic acids is 2. The van der Waals surface area contributed by atoms with Gasteiger partial charge in [-0.25, -0.2) is 38.3 Å².